The Bertz CT molecular complexity index is 661. The first kappa shape index (κ1) is 16.1. The van der Waals surface area contributed by atoms with Crippen molar-refractivity contribution in [3.63, 3.8) is 0 Å². The topological polar surface area (TPSA) is 44.5 Å². The van der Waals surface area contributed by atoms with E-state index in [9.17, 15) is 0 Å². The molecule has 0 radical (unpaired) electrons. The predicted octanol–water partition coefficient (Wildman–Crippen LogP) is 4.48. The second kappa shape index (κ2) is 6.69. The lowest BCUT2D eigenvalue weighted by atomic mass is 9.98. The Morgan fingerprint density at radius 3 is 2.24 bits per heavy atom. The van der Waals surface area contributed by atoms with Gasteiger partial charge in [-0.05, 0) is 41.8 Å². The van der Waals surface area contributed by atoms with E-state index in [1.807, 2.05) is 37.3 Å². The molecule has 0 fully saturated rings. The number of nitrogens with two attached hydrogens (primary N) is 1. The third kappa shape index (κ3) is 3.34. The molecule has 1 unspecified atom stereocenters. The molecule has 0 aliphatic carbocycles. The van der Waals surface area contributed by atoms with Crippen LogP contribution >= 0.6 is 27.5 Å². The van der Waals surface area contributed by atoms with E-state index >= 15 is 0 Å². The summed E-state index contributed by atoms with van der Waals surface area (Å²) in [4.78, 5) is 0. The molecular formula is C16H17BrClNO2. The monoisotopic (exact) mass is 369 g/mol. The van der Waals surface area contributed by atoms with Gasteiger partial charge < -0.3 is 15.2 Å². The smallest absolute Gasteiger partial charge is 0.161 e. The summed E-state index contributed by atoms with van der Waals surface area (Å²) in [6, 6.07) is 9.21. The average molecular weight is 371 g/mol. The van der Waals surface area contributed by atoms with Crippen molar-refractivity contribution in [1.29, 1.82) is 0 Å². The van der Waals surface area contributed by atoms with Gasteiger partial charge in [-0.1, -0.05) is 39.7 Å². The van der Waals surface area contributed by atoms with Crippen molar-refractivity contribution in [2.75, 3.05) is 14.2 Å². The van der Waals surface area contributed by atoms with Crippen molar-refractivity contribution in [2.45, 2.75) is 13.0 Å². The highest BCUT2D eigenvalue weighted by Gasteiger charge is 2.18. The molecule has 2 aromatic rings. The van der Waals surface area contributed by atoms with Crippen LogP contribution in [0.2, 0.25) is 5.02 Å². The standard InChI is InChI=1S/C16H17BrClNO2/c1-9-4-5-10(13(18)6-9)16(19)11-7-14(20-2)15(21-3)8-12(11)17/h4-8,16H,19H2,1-3H3. The van der Waals surface area contributed by atoms with Gasteiger partial charge in [-0.3, -0.25) is 0 Å². The minimum atomic E-state index is -0.354. The fourth-order valence-electron chi connectivity index (χ4n) is 2.16. The SMILES string of the molecule is COc1cc(Br)c(C(N)c2ccc(C)cc2Cl)cc1OC. The summed E-state index contributed by atoms with van der Waals surface area (Å²) in [5, 5.41) is 0.657. The van der Waals surface area contributed by atoms with Crippen LogP contribution in [-0.4, -0.2) is 14.2 Å². The van der Waals surface area contributed by atoms with Crippen molar-refractivity contribution in [2.24, 2.45) is 5.73 Å². The largest absolute Gasteiger partial charge is 0.493 e. The first-order valence-electron chi connectivity index (χ1n) is 6.41. The van der Waals surface area contributed by atoms with Crippen molar-refractivity contribution in [3.05, 3.63) is 56.5 Å². The van der Waals surface area contributed by atoms with Crippen LogP contribution in [0.5, 0.6) is 11.5 Å². The van der Waals surface area contributed by atoms with Crippen LogP contribution in [0.3, 0.4) is 0 Å². The van der Waals surface area contributed by atoms with E-state index in [0.29, 0.717) is 16.5 Å². The predicted molar refractivity (Wildman–Crippen MR) is 89.5 cm³/mol. The molecule has 0 saturated heterocycles. The zero-order valence-corrected chi connectivity index (χ0v) is 14.5. The summed E-state index contributed by atoms with van der Waals surface area (Å²) >= 11 is 9.84. The summed E-state index contributed by atoms with van der Waals surface area (Å²) in [5.41, 5.74) is 9.23. The van der Waals surface area contributed by atoms with Crippen molar-refractivity contribution >= 4 is 27.5 Å². The van der Waals surface area contributed by atoms with E-state index in [1.54, 1.807) is 14.2 Å². The Hall–Kier alpha value is -1.23. The number of hydrogen-bond acceptors (Lipinski definition) is 3. The van der Waals surface area contributed by atoms with Crippen LogP contribution in [0.1, 0.15) is 22.7 Å². The Morgan fingerprint density at radius 2 is 1.67 bits per heavy atom. The van der Waals surface area contributed by atoms with Gasteiger partial charge in [-0.2, -0.15) is 0 Å². The highest BCUT2D eigenvalue weighted by Crippen LogP contribution is 2.38. The highest BCUT2D eigenvalue weighted by molar-refractivity contribution is 9.10. The molecule has 0 spiro atoms. The van der Waals surface area contributed by atoms with E-state index in [-0.39, 0.29) is 6.04 Å². The molecule has 5 heteroatoms. The Kier molecular flexibility index (Phi) is 5.14. The normalized spacial score (nSPS) is 12.1. The number of benzene rings is 2. The number of rotatable bonds is 4. The first-order chi connectivity index (χ1) is 9.97. The third-order valence-corrected chi connectivity index (χ3v) is 4.34. The molecule has 3 nitrogen and oxygen atoms in total. The van der Waals surface area contributed by atoms with Gasteiger partial charge in [0.15, 0.2) is 11.5 Å². The zero-order valence-electron chi connectivity index (χ0n) is 12.1. The third-order valence-electron chi connectivity index (χ3n) is 3.33. The molecule has 112 valence electrons. The molecule has 0 saturated carbocycles. The second-order valence-electron chi connectivity index (χ2n) is 4.73. The van der Waals surface area contributed by atoms with Crippen LogP contribution in [0.4, 0.5) is 0 Å². The minimum Gasteiger partial charge on any atom is -0.493 e. The maximum atomic E-state index is 6.37. The van der Waals surface area contributed by atoms with Crippen molar-refractivity contribution in [1.82, 2.24) is 0 Å². The van der Waals surface area contributed by atoms with E-state index in [1.165, 1.54) is 0 Å². The summed E-state index contributed by atoms with van der Waals surface area (Å²) < 4.78 is 11.5. The van der Waals surface area contributed by atoms with Crippen LogP contribution in [0, 0.1) is 6.92 Å². The van der Waals surface area contributed by atoms with Crippen molar-refractivity contribution < 1.29 is 9.47 Å². The number of ether oxygens (including phenoxy) is 2. The average Bonchev–Trinajstić information content (AvgIpc) is 2.46. The maximum absolute atomic E-state index is 6.37. The molecular weight excluding hydrogens is 354 g/mol. The summed E-state index contributed by atoms with van der Waals surface area (Å²) in [7, 11) is 3.20. The number of aryl methyl sites for hydroxylation is 1. The summed E-state index contributed by atoms with van der Waals surface area (Å²) in [5.74, 6) is 1.28. The summed E-state index contributed by atoms with van der Waals surface area (Å²) in [6.07, 6.45) is 0. The van der Waals surface area contributed by atoms with Crippen LogP contribution in [0.25, 0.3) is 0 Å². The lowest BCUT2D eigenvalue weighted by molar-refractivity contribution is 0.354. The van der Waals surface area contributed by atoms with Gasteiger partial charge in [-0.25, -0.2) is 0 Å². The number of halogens is 2. The maximum Gasteiger partial charge on any atom is 0.161 e. The van der Waals surface area contributed by atoms with Gasteiger partial charge >= 0.3 is 0 Å². The van der Waals surface area contributed by atoms with Gasteiger partial charge in [0.05, 0.1) is 20.3 Å². The molecule has 21 heavy (non-hydrogen) atoms. The highest BCUT2D eigenvalue weighted by atomic mass is 79.9. The lowest BCUT2D eigenvalue weighted by Gasteiger charge is -2.18. The zero-order chi connectivity index (χ0) is 15.6. The molecule has 2 N–H and O–H groups in total. The molecule has 2 aromatic carbocycles. The van der Waals surface area contributed by atoms with E-state index in [4.69, 9.17) is 26.8 Å². The van der Waals surface area contributed by atoms with E-state index in [2.05, 4.69) is 15.9 Å². The van der Waals surface area contributed by atoms with Gasteiger partial charge in [-0.15, -0.1) is 0 Å². The molecule has 0 heterocycles. The second-order valence-corrected chi connectivity index (χ2v) is 5.99. The van der Waals surface area contributed by atoms with Crippen LogP contribution in [-0.2, 0) is 0 Å². The molecule has 0 aliphatic rings. The number of hydrogen-bond donors (Lipinski definition) is 1. The van der Waals surface area contributed by atoms with Crippen LogP contribution in [0.15, 0.2) is 34.8 Å². The van der Waals surface area contributed by atoms with Gasteiger partial charge in [0.25, 0.3) is 0 Å². The Morgan fingerprint density at radius 1 is 1.05 bits per heavy atom. The van der Waals surface area contributed by atoms with Crippen LogP contribution < -0.4 is 15.2 Å². The molecule has 0 amide bonds. The quantitative estimate of drug-likeness (QED) is 0.863. The molecule has 1 atom stereocenters. The first-order valence-corrected chi connectivity index (χ1v) is 7.58. The molecule has 0 bridgehead atoms. The Labute approximate surface area is 138 Å². The lowest BCUT2D eigenvalue weighted by Crippen LogP contribution is -2.13. The van der Waals surface area contributed by atoms with E-state index in [0.717, 1.165) is 21.2 Å². The van der Waals surface area contributed by atoms with Gasteiger partial charge in [0.2, 0.25) is 0 Å². The number of methoxy groups -OCH3 is 2. The fourth-order valence-corrected chi connectivity index (χ4v) is 3.08. The Balaban J connectivity index is 2.50. The summed E-state index contributed by atoms with van der Waals surface area (Å²) in [6.45, 7) is 1.99. The fraction of sp³-hybridized carbons (Fsp3) is 0.250. The van der Waals surface area contributed by atoms with Crippen molar-refractivity contribution in [3.8, 4) is 11.5 Å². The molecule has 2 rings (SSSR count). The molecule has 0 aromatic heterocycles. The molecule has 0 aliphatic heterocycles. The van der Waals surface area contributed by atoms with Gasteiger partial charge in [0, 0.05) is 9.50 Å². The minimum absolute atomic E-state index is 0.354. The van der Waals surface area contributed by atoms with E-state index < -0.39 is 0 Å². The van der Waals surface area contributed by atoms with Gasteiger partial charge in [0.1, 0.15) is 0 Å².